The number of amides is 1. The molecule has 1 amide bonds. The first-order chi connectivity index (χ1) is 14.4. The van der Waals surface area contributed by atoms with Crippen molar-refractivity contribution in [3.05, 3.63) is 48.5 Å². The van der Waals surface area contributed by atoms with Crippen molar-refractivity contribution in [2.45, 2.75) is 43.6 Å². The van der Waals surface area contributed by atoms with E-state index in [1.165, 1.54) is 16.4 Å². The Morgan fingerprint density at radius 1 is 1.07 bits per heavy atom. The number of hydrogen-bond acceptors (Lipinski definition) is 5. The SMILES string of the molecule is CC[C@H](Oc1cccc(OC)c1)C(=O)Nc1ccc(S(=O)(=O)N2CCCCC2)cc1. The number of carbonyl (C=O) groups excluding carboxylic acids is 1. The molecule has 7 nitrogen and oxygen atoms in total. The maximum atomic E-state index is 12.7. The molecular weight excluding hydrogens is 404 g/mol. The minimum atomic E-state index is -3.49. The van der Waals surface area contributed by atoms with E-state index >= 15 is 0 Å². The van der Waals surface area contributed by atoms with E-state index in [9.17, 15) is 13.2 Å². The Labute approximate surface area is 178 Å². The molecule has 0 aromatic heterocycles. The zero-order chi connectivity index (χ0) is 21.6. The summed E-state index contributed by atoms with van der Waals surface area (Å²) in [4.78, 5) is 12.9. The Kier molecular flexibility index (Phi) is 7.33. The molecule has 30 heavy (non-hydrogen) atoms. The highest BCUT2D eigenvalue weighted by Gasteiger charge is 2.26. The van der Waals surface area contributed by atoms with Gasteiger partial charge in [-0.05, 0) is 55.7 Å². The van der Waals surface area contributed by atoms with Gasteiger partial charge in [0.05, 0.1) is 12.0 Å². The van der Waals surface area contributed by atoms with E-state index in [0.29, 0.717) is 36.7 Å². The molecule has 3 rings (SSSR count). The number of anilines is 1. The second kappa shape index (κ2) is 9.95. The summed E-state index contributed by atoms with van der Waals surface area (Å²) in [6, 6.07) is 13.3. The van der Waals surface area contributed by atoms with Gasteiger partial charge in [0.2, 0.25) is 10.0 Å². The molecule has 0 saturated carbocycles. The molecule has 1 fully saturated rings. The van der Waals surface area contributed by atoms with Crippen molar-refractivity contribution in [1.29, 1.82) is 0 Å². The molecule has 1 aliphatic heterocycles. The van der Waals surface area contributed by atoms with Gasteiger partial charge in [0.25, 0.3) is 5.91 Å². The molecule has 0 spiro atoms. The highest BCUT2D eigenvalue weighted by Crippen LogP contribution is 2.23. The van der Waals surface area contributed by atoms with E-state index in [4.69, 9.17) is 9.47 Å². The van der Waals surface area contributed by atoms with E-state index in [2.05, 4.69) is 5.32 Å². The quantitative estimate of drug-likeness (QED) is 0.688. The van der Waals surface area contributed by atoms with Gasteiger partial charge in [0.1, 0.15) is 11.5 Å². The molecule has 1 saturated heterocycles. The molecule has 0 bridgehead atoms. The third-order valence-electron chi connectivity index (χ3n) is 5.06. The normalized spacial score (nSPS) is 15.9. The van der Waals surface area contributed by atoms with Crippen molar-refractivity contribution in [2.24, 2.45) is 0 Å². The summed E-state index contributed by atoms with van der Waals surface area (Å²) in [5, 5.41) is 2.80. The van der Waals surface area contributed by atoms with Gasteiger partial charge < -0.3 is 14.8 Å². The number of piperidine rings is 1. The summed E-state index contributed by atoms with van der Waals surface area (Å²) in [7, 11) is -1.92. The van der Waals surface area contributed by atoms with Gasteiger partial charge >= 0.3 is 0 Å². The summed E-state index contributed by atoms with van der Waals surface area (Å²) < 4.78 is 38.0. The molecule has 0 radical (unpaired) electrons. The fourth-order valence-electron chi connectivity index (χ4n) is 3.35. The Hall–Kier alpha value is -2.58. The number of ether oxygens (including phenoxy) is 2. The Morgan fingerprint density at radius 2 is 1.73 bits per heavy atom. The van der Waals surface area contributed by atoms with E-state index in [0.717, 1.165) is 19.3 Å². The molecule has 1 heterocycles. The smallest absolute Gasteiger partial charge is 0.265 e. The van der Waals surface area contributed by atoms with E-state index in [-0.39, 0.29) is 10.8 Å². The first kappa shape index (κ1) is 22.1. The van der Waals surface area contributed by atoms with Gasteiger partial charge in [-0.15, -0.1) is 0 Å². The zero-order valence-corrected chi connectivity index (χ0v) is 18.2. The lowest BCUT2D eigenvalue weighted by molar-refractivity contribution is -0.122. The summed E-state index contributed by atoms with van der Waals surface area (Å²) in [6.45, 7) is 2.97. The molecule has 1 atom stereocenters. The van der Waals surface area contributed by atoms with Crippen LogP contribution in [0.2, 0.25) is 0 Å². The van der Waals surface area contributed by atoms with Gasteiger partial charge in [0.15, 0.2) is 6.10 Å². The van der Waals surface area contributed by atoms with Crippen LogP contribution in [0, 0.1) is 0 Å². The first-order valence-corrected chi connectivity index (χ1v) is 11.6. The molecular formula is C22H28N2O5S. The molecule has 162 valence electrons. The van der Waals surface area contributed by atoms with Crippen molar-refractivity contribution in [2.75, 3.05) is 25.5 Å². The number of nitrogens with zero attached hydrogens (tertiary/aromatic N) is 1. The highest BCUT2D eigenvalue weighted by atomic mass is 32.2. The van der Waals surface area contributed by atoms with Crippen molar-refractivity contribution in [3.8, 4) is 11.5 Å². The second-order valence-corrected chi connectivity index (χ2v) is 9.11. The number of sulfonamides is 1. The molecule has 2 aromatic rings. The lowest BCUT2D eigenvalue weighted by Crippen LogP contribution is -2.35. The monoisotopic (exact) mass is 432 g/mol. The lowest BCUT2D eigenvalue weighted by atomic mass is 10.2. The van der Waals surface area contributed by atoms with Gasteiger partial charge in [-0.1, -0.05) is 19.4 Å². The van der Waals surface area contributed by atoms with Crippen LogP contribution in [0.5, 0.6) is 11.5 Å². The third kappa shape index (κ3) is 5.31. The standard InChI is InChI=1S/C22H28N2O5S/c1-3-21(29-19-9-7-8-18(16-19)28-2)22(25)23-17-10-12-20(13-11-17)30(26,27)24-14-5-4-6-15-24/h7-13,16,21H,3-6,14-15H2,1-2H3,(H,23,25)/t21-/m0/s1. The molecule has 8 heteroatoms. The molecule has 1 aliphatic rings. The van der Waals surface area contributed by atoms with Crippen LogP contribution in [0.25, 0.3) is 0 Å². The van der Waals surface area contributed by atoms with E-state index in [1.54, 1.807) is 43.5 Å². The molecule has 0 unspecified atom stereocenters. The average Bonchev–Trinajstić information content (AvgIpc) is 2.78. The second-order valence-electron chi connectivity index (χ2n) is 7.17. The number of rotatable bonds is 8. The number of methoxy groups -OCH3 is 1. The summed E-state index contributed by atoms with van der Waals surface area (Å²) in [5.74, 6) is 0.888. The summed E-state index contributed by atoms with van der Waals surface area (Å²) in [6.07, 6.45) is 2.63. The van der Waals surface area contributed by atoms with E-state index in [1.807, 2.05) is 6.92 Å². The predicted octanol–water partition coefficient (Wildman–Crippen LogP) is 3.67. The predicted molar refractivity (Wildman–Crippen MR) is 115 cm³/mol. The fourth-order valence-corrected chi connectivity index (χ4v) is 4.87. The van der Waals surface area contributed by atoms with Crippen LogP contribution in [0.1, 0.15) is 32.6 Å². The number of hydrogen-bond donors (Lipinski definition) is 1. The van der Waals surface area contributed by atoms with Crippen molar-refractivity contribution < 1.29 is 22.7 Å². The van der Waals surface area contributed by atoms with Crippen LogP contribution < -0.4 is 14.8 Å². The average molecular weight is 433 g/mol. The van der Waals surface area contributed by atoms with Crippen molar-refractivity contribution in [1.82, 2.24) is 4.31 Å². The minimum Gasteiger partial charge on any atom is -0.497 e. The van der Waals surface area contributed by atoms with Crippen LogP contribution in [-0.4, -0.2) is 44.9 Å². The number of nitrogens with one attached hydrogen (secondary N) is 1. The van der Waals surface area contributed by atoms with Crippen molar-refractivity contribution >= 4 is 21.6 Å². The van der Waals surface area contributed by atoms with Crippen LogP contribution in [0.15, 0.2) is 53.4 Å². The van der Waals surface area contributed by atoms with E-state index < -0.39 is 16.1 Å². The Balaban J connectivity index is 1.65. The maximum Gasteiger partial charge on any atom is 0.265 e. The fraction of sp³-hybridized carbons (Fsp3) is 0.409. The Morgan fingerprint density at radius 3 is 2.37 bits per heavy atom. The van der Waals surface area contributed by atoms with Gasteiger partial charge in [-0.2, -0.15) is 4.31 Å². The lowest BCUT2D eigenvalue weighted by Gasteiger charge is -2.26. The molecule has 0 aliphatic carbocycles. The van der Waals surface area contributed by atoms with Crippen LogP contribution >= 0.6 is 0 Å². The largest absolute Gasteiger partial charge is 0.497 e. The van der Waals surface area contributed by atoms with Crippen LogP contribution in [0.3, 0.4) is 0 Å². The Bertz CT molecular complexity index is 954. The number of carbonyl (C=O) groups is 1. The maximum absolute atomic E-state index is 12.7. The molecule has 1 N–H and O–H groups in total. The highest BCUT2D eigenvalue weighted by molar-refractivity contribution is 7.89. The van der Waals surface area contributed by atoms with Crippen molar-refractivity contribution in [3.63, 3.8) is 0 Å². The minimum absolute atomic E-state index is 0.238. The zero-order valence-electron chi connectivity index (χ0n) is 17.3. The van der Waals surface area contributed by atoms with Gasteiger partial charge in [0, 0.05) is 24.8 Å². The van der Waals surface area contributed by atoms with Gasteiger partial charge in [-0.25, -0.2) is 8.42 Å². The van der Waals surface area contributed by atoms with Crippen LogP contribution in [-0.2, 0) is 14.8 Å². The topological polar surface area (TPSA) is 84.9 Å². The summed E-state index contributed by atoms with van der Waals surface area (Å²) >= 11 is 0. The number of benzene rings is 2. The first-order valence-electron chi connectivity index (χ1n) is 10.2. The molecule has 2 aromatic carbocycles. The summed E-state index contributed by atoms with van der Waals surface area (Å²) in [5.41, 5.74) is 0.519. The van der Waals surface area contributed by atoms with Crippen LogP contribution in [0.4, 0.5) is 5.69 Å². The third-order valence-corrected chi connectivity index (χ3v) is 6.97. The van der Waals surface area contributed by atoms with Gasteiger partial charge in [-0.3, -0.25) is 4.79 Å².